The number of fused-ring (bicyclic) bond motifs is 3. The Morgan fingerprint density at radius 2 is 1.58 bits per heavy atom. The Hall–Kier alpha value is -2.19. The highest BCUT2D eigenvalue weighted by Gasteiger charge is 2.27. The van der Waals surface area contributed by atoms with E-state index in [-0.39, 0.29) is 5.78 Å². The van der Waals surface area contributed by atoms with Gasteiger partial charge in [-0.1, -0.05) is 90.3 Å². The maximum absolute atomic E-state index is 12.5. The average Bonchev–Trinajstić information content (AvgIpc) is 3.05. The molecule has 2 aliphatic rings. The van der Waals surface area contributed by atoms with Crippen LogP contribution >= 0.6 is 15.9 Å². The molecule has 0 saturated heterocycles. The molecule has 2 aromatic carbocycles. The van der Waals surface area contributed by atoms with Crippen molar-refractivity contribution in [3.8, 4) is 0 Å². The zero-order valence-electron chi connectivity index (χ0n) is 15.0. The summed E-state index contributed by atoms with van der Waals surface area (Å²) in [4.78, 5) is 12.5. The van der Waals surface area contributed by atoms with Gasteiger partial charge in [0.05, 0.1) is 0 Å². The number of hydrogen-bond donors (Lipinski definition) is 0. The van der Waals surface area contributed by atoms with Crippen LogP contribution in [-0.4, -0.2) is 5.78 Å². The second-order valence-electron chi connectivity index (χ2n) is 6.50. The van der Waals surface area contributed by atoms with Gasteiger partial charge in [0, 0.05) is 15.6 Å². The van der Waals surface area contributed by atoms with Crippen LogP contribution in [0.5, 0.6) is 0 Å². The van der Waals surface area contributed by atoms with E-state index in [2.05, 4.69) is 41.1 Å². The molecule has 0 atom stereocenters. The van der Waals surface area contributed by atoms with Crippen molar-refractivity contribution < 1.29 is 4.79 Å². The Morgan fingerprint density at radius 3 is 2.27 bits per heavy atom. The lowest BCUT2D eigenvalue weighted by Gasteiger charge is -2.13. The van der Waals surface area contributed by atoms with E-state index < -0.39 is 0 Å². The molecule has 2 aromatic rings. The van der Waals surface area contributed by atoms with Crippen molar-refractivity contribution in [1.82, 2.24) is 0 Å². The molecule has 0 N–H and O–H groups in total. The number of ketones is 1. The second kappa shape index (κ2) is 8.95. The molecular formula is C24H23BrO. The Kier molecular flexibility index (Phi) is 6.40. The van der Waals surface area contributed by atoms with E-state index in [0.717, 1.165) is 34.0 Å². The zero-order valence-corrected chi connectivity index (χ0v) is 16.6. The molecule has 2 aliphatic carbocycles. The SMILES string of the molecule is Brc1ccccc1.CCCCCC1=CC=C2C(=Cc3ccccc32)C1=O. The van der Waals surface area contributed by atoms with Gasteiger partial charge in [0.2, 0.25) is 0 Å². The Morgan fingerprint density at radius 1 is 0.846 bits per heavy atom. The second-order valence-corrected chi connectivity index (χ2v) is 7.41. The predicted molar refractivity (Wildman–Crippen MR) is 114 cm³/mol. The highest BCUT2D eigenvalue weighted by atomic mass is 79.9. The summed E-state index contributed by atoms with van der Waals surface area (Å²) in [7, 11) is 0. The fraction of sp³-hybridized carbons (Fsp3) is 0.208. The van der Waals surface area contributed by atoms with Crippen molar-refractivity contribution in [2.45, 2.75) is 32.6 Å². The van der Waals surface area contributed by atoms with Gasteiger partial charge < -0.3 is 0 Å². The molecule has 0 radical (unpaired) electrons. The summed E-state index contributed by atoms with van der Waals surface area (Å²) in [6.07, 6.45) is 10.6. The Labute approximate surface area is 164 Å². The summed E-state index contributed by atoms with van der Waals surface area (Å²) in [5, 5.41) is 0. The van der Waals surface area contributed by atoms with Gasteiger partial charge in [-0.3, -0.25) is 4.79 Å². The van der Waals surface area contributed by atoms with Crippen molar-refractivity contribution in [1.29, 1.82) is 0 Å². The monoisotopic (exact) mass is 406 g/mol. The summed E-state index contributed by atoms with van der Waals surface area (Å²) in [6, 6.07) is 18.2. The quantitative estimate of drug-likeness (QED) is 0.499. The number of carbonyl (C=O) groups excluding carboxylic acids is 1. The van der Waals surface area contributed by atoms with Crippen LogP contribution in [-0.2, 0) is 4.79 Å². The van der Waals surface area contributed by atoms with Gasteiger partial charge in [-0.05, 0) is 47.8 Å². The van der Waals surface area contributed by atoms with Gasteiger partial charge in [-0.25, -0.2) is 0 Å². The summed E-state index contributed by atoms with van der Waals surface area (Å²) in [6.45, 7) is 2.19. The topological polar surface area (TPSA) is 17.1 Å². The molecule has 0 amide bonds. The molecule has 132 valence electrons. The molecule has 0 unspecified atom stereocenters. The number of allylic oxidation sites excluding steroid dienone is 5. The van der Waals surface area contributed by atoms with E-state index >= 15 is 0 Å². The molecule has 26 heavy (non-hydrogen) atoms. The molecule has 0 saturated carbocycles. The number of rotatable bonds is 4. The van der Waals surface area contributed by atoms with Gasteiger partial charge in [-0.15, -0.1) is 0 Å². The summed E-state index contributed by atoms with van der Waals surface area (Å²) < 4.78 is 1.13. The van der Waals surface area contributed by atoms with E-state index in [4.69, 9.17) is 0 Å². The van der Waals surface area contributed by atoms with Crippen molar-refractivity contribution in [3.05, 3.63) is 93.5 Å². The standard InChI is InChI=1S/C18H18O.C6H5Br/c1-2-3-4-7-13-10-11-16-15-9-6-5-8-14(15)12-17(16)18(13)19;7-6-4-2-1-3-5-6/h5-6,8-12H,2-4,7H2,1H3;1-5H. The molecular weight excluding hydrogens is 384 g/mol. The first-order valence-electron chi connectivity index (χ1n) is 9.18. The van der Waals surface area contributed by atoms with E-state index in [0.29, 0.717) is 0 Å². The summed E-state index contributed by atoms with van der Waals surface area (Å²) >= 11 is 3.31. The van der Waals surface area contributed by atoms with Crippen LogP contribution in [0, 0.1) is 0 Å². The average molecular weight is 407 g/mol. The minimum atomic E-state index is 0.227. The van der Waals surface area contributed by atoms with Gasteiger partial charge in [0.15, 0.2) is 5.78 Å². The van der Waals surface area contributed by atoms with E-state index in [1.165, 1.54) is 24.0 Å². The van der Waals surface area contributed by atoms with Crippen LogP contribution in [0.25, 0.3) is 11.6 Å². The number of unbranched alkanes of at least 4 members (excludes halogenated alkanes) is 2. The van der Waals surface area contributed by atoms with Crippen LogP contribution < -0.4 is 0 Å². The third-order valence-corrected chi connectivity index (χ3v) is 5.14. The number of carbonyl (C=O) groups is 1. The third kappa shape index (κ3) is 4.31. The molecule has 2 heteroatoms. The number of hydrogen-bond acceptors (Lipinski definition) is 1. The van der Waals surface area contributed by atoms with Crippen molar-refractivity contribution in [3.63, 3.8) is 0 Å². The highest BCUT2D eigenvalue weighted by molar-refractivity contribution is 9.10. The molecule has 1 nitrogen and oxygen atoms in total. The first kappa shape index (κ1) is 18.6. The lowest BCUT2D eigenvalue weighted by molar-refractivity contribution is -0.112. The number of benzene rings is 2. The fourth-order valence-electron chi connectivity index (χ4n) is 3.22. The maximum Gasteiger partial charge on any atom is 0.189 e. The van der Waals surface area contributed by atoms with Crippen molar-refractivity contribution in [2.24, 2.45) is 0 Å². The van der Waals surface area contributed by atoms with Gasteiger partial charge in [0.1, 0.15) is 0 Å². The predicted octanol–water partition coefficient (Wildman–Crippen LogP) is 7.01. The van der Waals surface area contributed by atoms with Crippen LogP contribution in [0.2, 0.25) is 0 Å². The minimum absolute atomic E-state index is 0.227. The zero-order chi connectivity index (χ0) is 18.4. The number of Topliss-reactive ketones (excluding diaryl/α,β-unsaturated/α-hetero) is 1. The Balaban J connectivity index is 0.000000236. The molecule has 0 fully saturated rings. The summed E-state index contributed by atoms with van der Waals surface area (Å²) in [5.41, 5.74) is 5.31. The van der Waals surface area contributed by atoms with E-state index in [9.17, 15) is 4.79 Å². The fourth-order valence-corrected chi connectivity index (χ4v) is 3.53. The molecule has 0 heterocycles. The van der Waals surface area contributed by atoms with Crippen LogP contribution in [0.15, 0.2) is 82.4 Å². The molecule has 0 aromatic heterocycles. The summed E-state index contributed by atoms with van der Waals surface area (Å²) in [5.74, 6) is 0.227. The van der Waals surface area contributed by atoms with Gasteiger partial charge in [0.25, 0.3) is 0 Å². The lowest BCUT2D eigenvalue weighted by atomic mass is 9.89. The van der Waals surface area contributed by atoms with E-state index in [1.807, 2.05) is 54.6 Å². The largest absolute Gasteiger partial charge is 0.289 e. The van der Waals surface area contributed by atoms with Gasteiger partial charge in [-0.2, -0.15) is 0 Å². The Bertz CT molecular complexity index is 872. The smallest absolute Gasteiger partial charge is 0.189 e. The highest BCUT2D eigenvalue weighted by Crippen LogP contribution is 2.39. The first-order valence-corrected chi connectivity index (χ1v) is 9.97. The van der Waals surface area contributed by atoms with Crippen molar-refractivity contribution >= 4 is 33.4 Å². The molecule has 0 aliphatic heterocycles. The maximum atomic E-state index is 12.5. The van der Waals surface area contributed by atoms with Crippen molar-refractivity contribution in [2.75, 3.05) is 0 Å². The molecule has 4 rings (SSSR count). The first-order chi connectivity index (χ1) is 12.7. The van der Waals surface area contributed by atoms with Crippen LogP contribution in [0.3, 0.4) is 0 Å². The molecule has 0 spiro atoms. The van der Waals surface area contributed by atoms with Gasteiger partial charge >= 0.3 is 0 Å². The lowest BCUT2D eigenvalue weighted by Crippen LogP contribution is -2.09. The number of halogens is 1. The third-order valence-electron chi connectivity index (χ3n) is 4.61. The van der Waals surface area contributed by atoms with E-state index in [1.54, 1.807) is 0 Å². The van der Waals surface area contributed by atoms with Crippen LogP contribution in [0.1, 0.15) is 43.7 Å². The molecule has 0 bridgehead atoms. The minimum Gasteiger partial charge on any atom is -0.289 e. The normalized spacial score (nSPS) is 14.4. The van der Waals surface area contributed by atoms with Crippen LogP contribution in [0.4, 0.5) is 0 Å².